The quantitative estimate of drug-likeness (QED) is 0.799. The number of hydrogen-bond donors (Lipinski definition) is 1. The molecule has 0 amide bonds. The van der Waals surface area contributed by atoms with E-state index in [0.29, 0.717) is 6.04 Å². The fourth-order valence-electron chi connectivity index (χ4n) is 3.20. The van der Waals surface area contributed by atoms with Crippen molar-refractivity contribution in [3.05, 3.63) is 5.82 Å². The maximum atomic E-state index is 4.25. The van der Waals surface area contributed by atoms with Crippen molar-refractivity contribution in [2.45, 2.75) is 31.7 Å². The van der Waals surface area contributed by atoms with Crippen LogP contribution in [0.3, 0.4) is 0 Å². The van der Waals surface area contributed by atoms with Crippen molar-refractivity contribution in [1.29, 1.82) is 0 Å². The van der Waals surface area contributed by atoms with Crippen molar-refractivity contribution in [3.8, 4) is 0 Å². The lowest BCUT2D eigenvalue weighted by molar-refractivity contribution is 0.344. The first-order chi connectivity index (χ1) is 7.76. The Labute approximate surface area is 95.6 Å². The number of aromatic nitrogens is 4. The van der Waals surface area contributed by atoms with E-state index in [1.807, 2.05) is 14.1 Å². The molecule has 0 bridgehead atoms. The minimum Gasteiger partial charge on any atom is -0.316 e. The van der Waals surface area contributed by atoms with Gasteiger partial charge in [0.15, 0.2) is 5.82 Å². The monoisotopic (exact) mass is 221 g/mol. The summed E-state index contributed by atoms with van der Waals surface area (Å²) in [7, 11) is 3.86. The standard InChI is InChI=1S/C11H19N5/c1-12-10(6-11-13-15-16(2)14-11)9-4-7-3-8(7)5-9/h7-10,12H,3-6H2,1-2H3. The van der Waals surface area contributed by atoms with Crippen LogP contribution in [0.5, 0.6) is 0 Å². The molecule has 0 saturated heterocycles. The molecular weight excluding hydrogens is 202 g/mol. The van der Waals surface area contributed by atoms with E-state index in [9.17, 15) is 0 Å². The summed E-state index contributed by atoms with van der Waals surface area (Å²) >= 11 is 0. The van der Waals surface area contributed by atoms with Crippen LogP contribution in [0.15, 0.2) is 0 Å². The molecule has 1 aromatic heterocycles. The number of likely N-dealkylation sites (N-methyl/N-ethyl adjacent to an activating group) is 1. The minimum atomic E-state index is 0.525. The van der Waals surface area contributed by atoms with Crippen LogP contribution in [0.25, 0.3) is 0 Å². The first-order valence-corrected chi connectivity index (χ1v) is 6.16. The van der Waals surface area contributed by atoms with Crippen molar-refractivity contribution < 1.29 is 0 Å². The van der Waals surface area contributed by atoms with E-state index in [-0.39, 0.29) is 0 Å². The second-order valence-electron chi connectivity index (χ2n) is 5.28. The van der Waals surface area contributed by atoms with Gasteiger partial charge in [0.2, 0.25) is 0 Å². The Kier molecular flexibility index (Phi) is 2.42. The fourth-order valence-corrected chi connectivity index (χ4v) is 3.20. The first-order valence-electron chi connectivity index (χ1n) is 6.16. The Bertz CT molecular complexity index is 364. The number of nitrogens with zero attached hydrogens (tertiary/aromatic N) is 4. The Hall–Kier alpha value is -0.970. The summed E-state index contributed by atoms with van der Waals surface area (Å²) < 4.78 is 0. The number of nitrogens with one attached hydrogen (secondary N) is 1. The Morgan fingerprint density at radius 3 is 2.69 bits per heavy atom. The zero-order valence-electron chi connectivity index (χ0n) is 9.93. The minimum absolute atomic E-state index is 0.525. The van der Waals surface area contributed by atoms with E-state index in [4.69, 9.17) is 0 Å². The molecule has 3 unspecified atom stereocenters. The van der Waals surface area contributed by atoms with Gasteiger partial charge in [-0.2, -0.15) is 4.80 Å². The number of aryl methyl sites for hydroxylation is 1. The van der Waals surface area contributed by atoms with Crippen LogP contribution >= 0.6 is 0 Å². The van der Waals surface area contributed by atoms with Gasteiger partial charge in [0.25, 0.3) is 0 Å². The molecule has 0 aromatic carbocycles. The lowest BCUT2D eigenvalue weighted by Gasteiger charge is -2.22. The van der Waals surface area contributed by atoms with E-state index < -0.39 is 0 Å². The van der Waals surface area contributed by atoms with Crippen molar-refractivity contribution in [1.82, 2.24) is 25.5 Å². The lowest BCUT2D eigenvalue weighted by atomic mass is 9.92. The molecule has 1 aromatic rings. The SMILES string of the molecule is CNC(Cc1nnn(C)n1)C1CC2CC2C1. The number of rotatable bonds is 4. The summed E-state index contributed by atoms with van der Waals surface area (Å²) in [5, 5.41) is 15.6. The van der Waals surface area contributed by atoms with Gasteiger partial charge in [-0.15, -0.1) is 10.2 Å². The molecule has 2 aliphatic carbocycles. The maximum absolute atomic E-state index is 4.25. The molecule has 3 atom stereocenters. The zero-order chi connectivity index (χ0) is 11.1. The van der Waals surface area contributed by atoms with Crippen LogP contribution in [0.2, 0.25) is 0 Å². The highest BCUT2D eigenvalue weighted by Gasteiger charge is 2.47. The summed E-state index contributed by atoms with van der Waals surface area (Å²) in [6.45, 7) is 0. The Morgan fingerprint density at radius 1 is 1.38 bits per heavy atom. The topological polar surface area (TPSA) is 55.6 Å². The van der Waals surface area contributed by atoms with Gasteiger partial charge in [-0.05, 0) is 49.3 Å². The average Bonchev–Trinajstić information content (AvgIpc) is 2.71. The largest absolute Gasteiger partial charge is 0.316 e. The summed E-state index contributed by atoms with van der Waals surface area (Å²) in [6, 6.07) is 0.525. The van der Waals surface area contributed by atoms with E-state index in [2.05, 4.69) is 20.7 Å². The average molecular weight is 221 g/mol. The molecule has 16 heavy (non-hydrogen) atoms. The second kappa shape index (κ2) is 3.80. The molecule has 2 aliphatic rings. The second-order valence-corrected chi connectivity index (χ2v) is 5.28. The van der Waals surface area contributed by atoms with Gasteiger partial charge in [0.05, 0.1) is 7.05 Å². The first kappa shape index (κ1) is 10.2. The molecule has 2 fully saturated rings. The van der Waals surface area contributed by atoms with Gasteiger partial charge in [-0.25, -0.2) is 0 Å². The Morgan fingerprint density at radius 2 is 2.12 bits per heavy atom. The van der Waals surface area contributed by atoms with E-state index >= 15 is 0 Å². The van der Waals surface area contributed by atoms with Gasteiger partial charge in [-0.3, -0.25) is 0 Å². The normalized spacial score (nSPS) is 33.8. The van der Waals surface area contributed by atoms with Gasteiger partial charge in [0, 0.05) is 12.5 Å². The maximum Gasteiger partial charge on any atom is 0.176 e. The highest BCUT2D eigenvalue weighted by atomic mass is 15.6. The van der Waals surface area contributed by atoms with Gasteiger partial charge >= 0.3 is 0 Å². The van der Waals surface area contributed by atoms with Crippen LogP contribution in [0.1, 0.15) is 25.1 Å². The van der Waals surface area contributed by atoms with Crippen LogP contribution in [-0.2, 0) is 13.5 Å². The van der Waals surface area contributed by atoms with Crippen molar-refractivity contribution in [2.75, 3.05) is 7.05 Å². The van der Waals surface area contributed by atoms with Crippen molar-refractivity contribution >= 4 is 0 Å². The summed E-state index contributed by atoms with van der Waals surface area (Å²) in [5.74, 6) is 3.76. The molecule has 3 rings (SSSR count). The predicted octanol–water partition coefficient (Wildman–Crippen LogP) is 0.387. The summed E-state index contributed by atoms with van der Waals surface area (Å²) in [4.78, 5) is 1.54. The Balaban J connectivity index is 1.62. The molecular formula is C11H19N5. The highest BCUT2D eigenvalue weighted by molar-refractivity contribution is 5.00. The molecule has 0 aliphatic heterocycles. The van der Waals surface area contributed by atoms with Crippen molar-refractivity contribution in [2.24, 2.45) is 24.8 Å². The summed E-state index contributed by atoms with van der Waals surface area (Å²) in [5.41, 5.74) is 0. The molecule has 1 N–H and O–H groups in total. The third-order valence-electron chi connectivity index (χ3n) is 4.17. The number of fused-ring (bicyclic) bond motifs is 1. The van der Waals surface area contributed by atoms with Gasteiger partial charge in [0.1, 0.15) is 0 Å². The number of tetrazole rings is 1. The molecule has 5 heteroatoms. The van der Waals surface area contributed by atoms with Gasteiger partial charge < -0.3 is 5.32 Å². The van der Waals surface area contributed by atoms with Crippen LogP contribution in [0, 0.1) is 17.8 Å². The van der Waals surface area contributed by atoms with Crippen LogP contribution in [0.4, 0.5) is 0 Å². The van der Waals surface area contributed by atoms with Crippen molar-refractivity contribution in [3.63, 3.8) is 0 Å². The third kappa shape index (κ3) is 1.84. The zero-order valence-corrected chi connectivity index (χ0v) is 9.93. The molecule has 1 heterocycles. The van der Waals surface area contributed by atoms with E-state index in [1.165, 1.54) is 24.1 Å². The molecule has 5 nitrogen and oxygen atoms in total. The summed E-state index contributed by atoms with van der Waals surface area (Å²) in [6.07, 6.45) is 5.19. The predicted molar refractivity (Wildman–Crippen MR) is 59.7 cm³/mol. The highest BCUT2D eigenvalue weighted by Crippen LogP contribution is 2.55. The van der Waals surface area contributed by atoms with Crippen LogP contribution in [-0.4, -0.2) is 33.3 Å². The van der Waals surface area contributed by atoms with E-state index in [0.717, 1.165) is 30.0 Å². The third-order valence-corrected chi connectivity index (χ3v) is 4.17. The molecule has 2 saturated carbocycles. The van der Waals surface area contributed by atoms with E-state index in [1.54, 1.807) is 0 Å². The number of hydrogen-bond acceptors (Lipinski definition) is 4. The van der Waals surface area contributed by atoms with Gasteiger partial charge in [-0.1, -0.05) is 0 Å². The fraction of sp³-hybridized carbons (Fsp3) is 0.909. The molecule has 0 radical (unpaired) electrons. The lowest BCUT2D eigenvalue weighted by Crippen LogP contribution is -2.35. The smallest absolute Gasteiger partial charge is 0.176 e. The molecule has 0 spiro atoms. The molecule has 88 valence electrons. The van der Waals surface area contributed by atoms with Crippen LogP contribution < -0.4 is 5.32 Å².